The van der Waals surface area contributed by atoms with Gasteiger partial charge in [-0.2, -0.15) is 0 Å². The van der Waals surface area contributed by atoms with Crippen LogP contribution in [0.3, 0.4) is 0 Å². The molecule has 80 valence electrons. The van der Waals surface area contributed by atoms with Crippen molar-refractivity contribution < 1.29 is 4.74 Å². The van der Waals surface area contributed by atoms with E-state index in [9.17, 15) is 0 Å². The molecule has 7 heteroatoms. The minimum absolute atomic E-state index is 0.679. The Labute approximate surface area is 82.8 Å². The summed E-state index contributed by atoms with van der Waals surface area (Å²) in [5, 5.41) is 17.3. The van der Waals surface area contributed by atoms with Crippen molar-refractivity contribution in [1.29, 1.82) is 0 Å². The second-order valence-electron chi connectivity index (χ2n) is 2.80. The maximum absolute atomic E-state index is 4.89. The van der Waals surface area contributed by atoms with E-state index in [1.807, 2.05) is 0 Å². The first-order valence-corrected chi connectivity index (χ1v) is 4.50. The summed E-state index contributed by atoms with van der Waals surface area (Å²) in [6.45, 7) is 3.23. The highest BCUT2D eigenvalue weighted by Gasteiger charge is 1.98. The Hall–Kier alpha value is -1.21. The van der Waals surface area contributed by atoms with Crippen LogP contribution in [0.1, 0.15) is 0 Å². The van der Waals surface area contributed by atoms with Crippen molar-refractivity contribution in [3.63, 3.8) is 0 Å². The molecule has 7 nitrogen and oxygen atoms in total. The molecule has 0 aliphatic rings. The Balaban J connectivity index is 2.02. The Morgan fingerprint density at radius 1 is 1.36 bits per heavy atom. The summed E-state index contributed by atoms with van der Waals surface area (Å²) in [5.74, 6) is 0.679. The van der Waals surface area contributed by atoms with Crippen molar-refractivity contribution in [3.05, 3.63) is 0 Å². The molecule has 0 amide bonds. The number of hydrogen-bond acceptors (Lipinski definition) is 6. The first-order chi connectivity index (χ1) is 6.84. The molecule has 0 aromatic carbocycles. The Bertz CT molecular complexity index is 250. The maximum Gasteiger partial charge on any atom is 0.242 e. The van der Waals surface area contributed by atoms with E-state index in [1.54, 1.807) is 18.8 Å². The fourth-order valence-corrected chi connectivity index (χ4v) is 0.941. The predicted octanol–water partition coefficient (Wildman–Crippen LogP) is -1.14. The first kappa shape index (κ1) is 10.9. The molecule has 2 N–H and O–H groups in total. The van der Waals surface area contributed by atoms with Gasteiger partial charge in [0.25, 0.3) is 0 Å². The van der Waals surface area contributed by atoms with E-state index >= 15 is 0 Å². The summed E-state index contributed by atoms with van der Waals surface area (Å²) in [6.07, 6.45) is 0. The lowest BCUT2D eigenvalue weighted by atomic mass is 10.6. The van der Waals surface area contributed by atoms with Crippen LogP contribution < -0.4 is 10.6 Å². The maximum atomic E-state index is 4.89. The standard InChI is InChI=1S/C7H16N6O/c1-13-7(10-11-12-13)9-4-3-8-5-6-14-2/h8H,3-6H2,1-2H3,(H,9,10,12). The average molecular weight is 200 g/mol. The van der Waals surface area contributed by atoms with Crippen LogP contribution in [0.2, 0.25) is 0 Å². The molecule has 0 aliphatic heterocycles. The monoisotopic (exact) mass is 200 g/mol. The number of aryl methyl sites for hydroxylation is 1. The third-order valence-corrected chi connectivity index (χ3v) is 1.69. The van der Waals surface area contributed by atoms with Crippen LogP contribution in [-0.4, -0.2) is 53.6 Å². The molecule has 0 fully saturated rings. The number of tetrazole rings is 1. The van der Waals surface area contributed by atoms with E-state index in [2.05, 4.69) is 26.2 Å². The highest BCUT2D eigenvalue weighted by molar-refractivity contribution is 5.20. The second kappa shape index (κ2) is 6.28. The molecule has 0 aliphatic carbocycles. The van der Waals surface area contributed by atoms with Crippen LogP contribution >= 0.6 is 0 Å². The average Bonchev–Trinajstić information content (AvgIpc) is 2.58. The van der Waals surface area contributed by atoms with Gasteiger partial charge in [-0.1, -0.05) is 5.10 Å². The molecular weight excluding hydrogens is 184 g/mol. The SMILES string of the molecule is COCCNCCNc1nnnn1C. The van der Waals surface area contributed by atoms with Gasteiger partial charge in [0.15, 0.2) is 0 Å². The molecule has 1 rings (SSSR count). The summed E-state index contributed by atoms with van der Waals surface area (Å²) >= 11 is 0. The van der Waals surface area contributed by atoms with Crippen LogP contribution in [0.15, 0.2) is 0 Å². The minimum atomic E-state index is 0.679. The van der Waals surface area contributed by atoms with Gasteiger partial charge in [-0.05, 0) is 10.4 Å². The number of nitrogens with one attached hydrogen (secondary N) is 2. The normalized spacial score (nSPS) is 10.4. The number of aromatic nitrogens is 4. The van der Waals surface area contributed by atoms with E-state index in [4.69, 9.17) is 4.74 Å². The number of anilines is 1. The molecular formula is C7H16N6O. The van der Waals surface area contributed by atoms with Gasteiger partial charge in [-0.25, -0.2) is 4.68 Å². The highest BCUT2D eigenvalue weighted by atomic mass is 16.5. The van der Waals surface area contributed by atoms with E-state index in [1.165, 1.54) is 0 Å². The van der Waals surface area contributed by atoms with Crippen molar-refractivity contribution in [2.75, 3.05) is 38.7 Å². The summed E-state index contributed by atoms with van der Waals surface area (Å²) in [5.41, 5.74) is 0. The quantitative estimate of drug-likeness (QED) is 0.542. The summed E-state index contributed by atoms with van der Waals surface area (Å²) in [7, 11) is 3.48. The van der Waals surface area contributed by atoms with Crippen LogP contribution in [0, 0.1) is 0 Å². The molecule has 1 heterocycles. The number of hydrogen-bond donors (Lipinski definition) is 2. The number of ether oxygens (including phenoxy) is 1. The van der Waals surface area contributed by atoms with Gasteiger partial charge in [-0.3, -0.25) is 0 Å². The van der Waals surface area contributed by atoms with Crippen molar-refractivity contribution in [3.8, 4) is 0 Å². The highest BCUT2D eigenvalue weighted by Crippen LogP contribution is 1.92. The molecule has 0 unspecified atom stereocenters. The third-order valence-electron chi connectivity index (χ3n) is 1.69. The zero-order valence-corrected chi connectivity index (χ0v) is 8.53. The van der Waals surface area contributed by atoms with Gasteiger partial charge >= 0.3 is 0 Å². The lowest BCUT2D eigenvalue weighted by Gasteiger charge is -2.05. The van der Waals surface area contributed by atoms with Gasteiger partial charge in [0, 0.05) is 33.8 Å². The van der Waals surface area contributed by atoms with Crippen molar-refractivity contribution in [2.24, 2.45) is 7.05 Å². The molecule has 1 aromatic heterocycles. The Morgan fingerprint density at radius 2 is 2.21 bits per heavy atom. The van der Waals surface area contributed by atoms with Crippen molar-refractivity contribution >= 4 is 5.95 Å². The van der Waals surface area contributed by atoms with Crippen LogP contribution in [0.4, 0.5) is 5.95 Å². The Morgan fingerprint density at radius 3 is 2.86 bits per heavy atom. The number of rotatable bonds is 7. The topological polar surface area (TPSA) is 76.9 Å². The van der Waals surface area contributed by atoms with Crippen LogP contribution in [-0.2, 0) is 11.8 Å². The van der Waals surface area contributed by atoms with E-state index in [0.717, 1.165) is 26.2 Å². The molecule has 0 saturated heterocycles. The smallest absolute Gasteiger partial charge is 0.242 e. The lowest BCUT2D eigenvalue weighted by molar-refractivity contribution is 0.200. The molecule has 0 saturated carbocycles. The molecule has 14 heavy (non-hydrogen) atoms. The zero-order chi connectivity index (χ0) is 10.2. The second-order valence-corrected chi connectivity index (χ2v) is 2.80. The van der Waals surface area contributed by atoms with Crippen LogP contribution in [0.5, 0.6) is 0 Å². The fraction of sp³-hybridized carbons (Fsp3) is 0.857. The summed E-state index contributed by atoms with van der Waals surface area (Å²) in [6, 6.07) is 0. The van der Waals surface area contributed by atoms with Gasteiger partial charge < -0.3 is 15.4 Å². The van der Waals surface area contributed by atoms with Crippen LogP contribution in [0.25, 0.3) is 0 Å². The molecule has 1 aromatic rings. The molecule has 0 spiro atoms. The zero-order valence-electron chi connectivity index (χ0n) is 8.53. The number of nitrogens with zero attached hydrogens (tertiary/aromatic N) is 4. The van der Waals surface area contributed by atoms with E-state index in [-0.39, 0.29) is 0 Å². The van der Waals surface area contributed by atoms with E-state index < -0.39 is 0 Å². The predicted molar refractivity (Wildman–Crippen MR) is 52.0 cm³/mol. The molecule has 0 radical (unpaired) electrons. The van der Waals surface area contributed by atoms with Crippen molar-refractivity contribution in [1.82, 2.24) is 25.5 Å². The van der Waals surface area contributed by atoms with Gasteiger partial charge in [0.2, 0.25) is 5.95 Å². The summed E-state index contributed by atoms with van der Waals surface area (Å²) < 4.78 is 6.49. The largest absolute Gasteiger partial charge is 0.383 e. The van der Waals surface area contributed by atoms with E-state index in [0.29, 0.717) is 5.95 Å². The minimum Gasteiger partial charge on any atom is -0.383 e. The Kier molecular flexibility index (Phi) is 4.87. The fourth-order valence-electron chi connectivity index (χ4n) is 0.941. The van der Waals surface area contributed by atoms with Crippen molar-refractivity contribution in [2.45, 2.75) is 0 Å². The molecule has 0 atom stereocenters. The first-order valence-electron chi connectivity index (χ1n) is 4.50. The third kappa shape index (κ3) is 3.67. The van der Waals surface area contributed by atoms with Gasteiger partial charge in [0.1, 0.15) is 0 Å². The molecule has 0 bridgehead atoms. The van der Waals surface area contributed by atoms with Gasteiger partial charge in [-0.15, -0.1) is 0 Å². The number of methoxy groups -OCH3 is 1. The van der Waals surface area contributed by atoms with Gasteiger partial charge in [0.05, 0.1) is 6.61 Å². The lowest BCUT2D eigenvalue weighted by Crippen LogP contribution is -2.26. The summed E-state index contributed by atoms with van der Waals surface area (Å²) in [4.78, 5) is 0.